The lowest BCUT2D eigenvalue weighted by Gasteiger charge is -2.14. The molecule has 33 heavy (non-hydrogen) atoms. The van der Waals surface area contributed by atoms with Crippen LogP contribution < -0.4 is 0 Å². The summed E-state index contributed by atoms with van der Waals surface area (Å²) in [7, 11) is 0. The monoisotopic (exact) mass is 460 g/mol. The highest BCUT2D eigenvalue weighted by Crippen LogP contribution is 2.08. The van der Waals surface area contributed by atoms with E-state index in [1.54, 1.807) is 0 Å². The molecule has 1 unspecified atom stereocenters. The molecule has 0 aromatic carbocycles. The minimum atomic E-state index is -0.543. The molecule has 0 amide bonds. The molecule has 0 heterocycles. The summed E-state index contributed by atoms with van der Waals surface area (Å²) >= 11 is 0. The Morgan fingerprint density at radius 2 is 1.21 bits per heavy atom. The van der Waals surface area contributed by atoms with E-state index in [0.29, 0.717) is 6.61 Å². The molecule has 0 saturated carbocycles. The van der Waals surface area contributed by atoms with E-state index >= 15 is 0 Å². The van der Waals surface area contributed by atoms with Gasteiger partial charge in [0.15, 0.2) is 0 Å². The second kappa shape index (κ2) is 26.3. The lowest BCUT2D eigenvalue weighted by atomic mass is 10.1. The van der Waals surface area contributed by atoms with E-state index in [0.717, 1.165) is 51.4 Å². The third kappa shape index (κ3) is 26.2. The van der Waals surface area contributed by atoms with Crippen LogP contribution in [0.5, 0.6) is 0 Å². The zero-order chi connectivity index (χ0) is 24.2. The van der Waals surface area contributed by atoms with Crippen molar-refractivity contribution in [2.75, 3.05) is 19.8 Å². The van der Waals surface area contributed by atoms with Crippen molar-refractivity contribution in [3.8, 4) is 0 Å². The number of ether oxygens (including phenoxy) is 2. The zero-order valence-electron chi connectivity index (χ0n) is 21.1. The maximum atomic E-state index is 10.8. The Morgan fingerprint density at radius 1 is 0.727 bits per heavy atom. The molecule has 0 aliphatic heterocycles. The van der Waals surface area contributed by atoms with Crippen LogP contribution in [0.1, 0.15) is 90.9 Å². The van der Waals surface area contributed by atoms with E-state index in [4.69, 9.17) is 14.6 Å². The average Bonchev–Trinajstić information content (AvgIpc) is 2.80. The van der Waals surface area contributed by atoms with Gasteiger partial charge in [0.2, 0.25) is 0 Å². The lowest BCUT2D eigenvalue weighted by molar-refractivity contribution is -0.152. The molecule has 188 valence electrons. The van der Waals surface area contributed by atoms with E-state index in [-0.39, 0.29) is 19.2 Å². The molecule has 0 aromatic heterocycles. The van der Waals surface area contributed by atoms with Crippen molar-refractivity contribution < 1.29 is 19.4 Å². The van der Waals surface area contributed by atoms with Crippen LogP contribution in [0.15, 0.2) is 60.8 Å². The second-order valence-corrected chi connectivity index (χ2v) is 8.11. The van der Waals surface area contributed by atoms with Gasteiger partial charge >= 0.3 is 5.97 Å². The van der Waals surface area contributed by atoms with Crippen LogP contribution in [-0.2, 0) is 14.3 Å². The van der Waals surface area contributed by atoms with Crippen LogP contribution in [0.25, 0.3) is 0 Å². The molecular weight excluding hydrogens is 412 g/mol. The molecule has 0 aliphatic rings. The van der Waals surface area contributed by atoms with Crippen molar-refractivity contribution in [1.29, 1.82) is 0 Å². The van der Waals surface area contributed by atoms with Crippen molar-refractivity contribution in [3.63, 3.8) is 0 Å². The molecule has 0 saturated heterocycles. The van der Waals surface area contributed by atoms with Gasteiger partial charge in [-0.1, -0.05) is 93.4 Å². The maximum absolute atomic E-state index is 10.8. The van der Waals surface area contributed by atoms with E-state index in [9.17, 15) is 4.79 Å². The first-order chi connectivity index (χ1) is 16.2. The molecule has 0 aromatic rings. The van der Waals surface area contributed by atoms with Gasteiger partial charge in [0.25, 0.3) is 0 Å². The minimum absolute atomic E-state index is 0.197. The quantitative estimate of drug-likeness (QED) is 0.104. The number of rotatable bonds is 22. The minimum Gasteiger partial charge on any atom is -0.458 e. The molecule has 0 radical (unpaired) electrons. The van der Waals surface area contributed by atoms with Gasteiger partial charge in [-0.15, -0.1) is 0 Å². The van der Waals surface area contributed by atoms with Gasteiger partial charge in [0, 0.05) is 13.5 Å². The molecule has 0 spiro atoms. The van der Waals surface area contributed by atoms with Crippen molar-refractivity contribution in [3.05, 3.63) is 60.8 Å². The predicted molar refractivity (Wildman–Crippen MR) is 140 cm³/mol. The summed E-state index contributed by atoms with van der Waals surface area (Å²) in [5, 5.41) is 9.09. The van der Waals surface area contributed by atoms with Crippen LogP contribution in [0, 0.1) is 0 Å². The number of unbranched alkanes of at least 4 members (excludes halogenated alkanes) is 6. The van der Waals surface area contributed by atoms with Gasteiger partial charge in [-0.05, 0) is 51.4 Å². The molecular formula is C29H48O4. The second-order valence-electron chi connectivity index (χ2n) is 8.11. The zero-order valence-corrected chi connectivity index (χ0v) is 21.1. The van der Waals surface area contributed by atoms with Gasteiger partial charge in [0.05, 0.1) is 13.2 Å². The molecule has 4 nitrogen and oxygen atoms in total. The Hall–Kier alpha value is -1.91. The van der Waals surface area contributed by atoms with Gasteiger partial charge < -0.3 is 14.6 Å². The number of hydrogen-bond donors (Lipinski definition) is 1. The van der Waals surface area contributed by atoms with E-state index in [1.165, 1.54) is 32.6 Å². The van der Waals surface area contributed by atoms with E-state index in [2.05, 4.69) is 67.7 Å². The highest BCUT2D eigenvalue weighted by Gasteiger charge is 2.10. The van der Waals surface area contributed by atoms with Gasteiger partial charge in [0.1, 0.15) is 6.10 Å². The Balaban J connectivity index is 3.40. The topological polar surface area (TPSA) is 55.8 Å². The summed E-state index contributed by atoms with van der Waals surface area (Å²) in [6.07, 6.45) is 35.3. The predicted octanol–water partition coefficient (Wildman–Crippen LogP) is 7.41. The third-order valence-corrected chi connectivity index (χ3v) is 4.91. The molecule has 0 aliphatic carbocycles. The average molecular weight is 461 g/mol. The SMILES string of the molecule is CC/C=C\C/C=C\C/C=C\C/C=C\C/C=C\CCCCCCCCOCC(CO)OC(C)=O. The first-order valence-corrected chi connectivity index (χ1v) is 12.8. The van der Waals surface area contributed by atoms with Gasteiger partial charge in [-0.2, -0.15) is 0 Å². The Kier molecular flexibility index (Phi) is 24.8. The molecule has 1 atom stereocenters. The molecule has 1 N–H and O–H groups in total. The van der Waals surface area contributed by atoms with E-state index < -0.39 is 6.10 Å². The summed E-state index contributed by atoms with van der Waals surface area (Å²) < 4.78 is 10.4. The van der Waals surface area contributed by atoms with Crippen molar-refractivity contribution >= 4 is 5.97 Å². The number of aliphatic hydroxyl groups is 1. The van der Waals surface area contributed by atoms with E-state index in [1.807, 2.05) is 0 Å². The highest BCUT2D eigenvalue weighted by atomic mass is 16.6. The Morgan fingerprint density at radius 3 is 1.73 bits per heavy atom. The lowest BCUT2D eigenvalue weighted by Crippen LogP contribution is -2.26. The van der Waals surface area contributed by atoms with Gasteiger partial charge in [-0.25, -0.2) is 0 Å². The first kappa shape index (κ1) is 31.1. The van der Waals surface area contributed by atoms with Crippen molar-refractivity contribution in [1.82, 2.24) is 0 Å². The van der Waals surface area contributed by atoms with Crippen LogP contribution in [0.3, 0.4) is 0 Å². The normalized spacial score (nSPS) is 13.4. The standard InChI is InChI=1S/C29H48O4/c1-3-4-5-6-7-8-9-10-11-12-13-14-15-16-17-18-19-20-21-22-23-24-25-32-27-29(26-30)33-28(2)31/h4-5,7-8,10-11,13-14,16-17,29-30H,3,6,9,12,15,18-27H2,1-2H3/b5-4-,8-7-,11-10-,14-13-,17-16-. The van der Waals surface area contributed by atoms with Crippen LogP contribution in [-0.4, -0.2) is 37.0 Å². The fourth-order valence-corrected chi connectivity index (χ4v) is 3.12. The molecule has 4 heteroatoms. The highest BCUT2D eigenvalue weighted by molar-refractivity contribution is 5.66. The maximum Gasteiger partial charge on any atom is 0.303 e. The summed E-state index contributed by atoms with van der Waals surface area (Å²) in [5.74, 6) is -0.387. The number of hydrogen-bond acceptors (Lipinski definition) is 4. The Labute approximate surface area is 203 Å². The number of aliphatic hydroxyl groups excluding tert-OH is 1. The largest absolute Gasteiger partial charge is 0.458 e. The van der Waals surface area contributed by atoms with Crippen LogP contribution in [0.2, 0.25) is 0 Å². The van der Waals surface area contributed by atoms with Crippen LogP contribution >= 0.6 is 0 Å². The Bertz CT molecular complexity index is 572. The number of carbonyl (C=O) groups is 1. The first-order valence-electron chi connectivity index (χ1n) is 12.8. The smallest absolute Gasteiger partial charge is 0.303 e. The fourth-order valence-electron chi connectivity index (χ4n) is 3.12. The summed E-state index contributed by atoms with van der Waals surface area (Å²) in [6, 6.07) is 0. The summed E-state index contributed by atoms with van der Waals surface area (Å²) in [4.78, 5) is 10.8. The third-order valence-electron chi connectivity index (χ3n) is 4.91. The number of allylic oxidation sites excluding steroid dienone is 10. The summed E-state index contributed by atoms with van der Waals surface area (Å²) in [6.45, 7) is 4.22. The van der Waals surface area contributed by atoms with Gasteiger partial charge in [-0.3, -0.25) is 4.79 Å². The van der Waals surface area contributed by atoms with Crippen LogP contribution in [0.4, 0.5) is 0 Å². The molecule has 0 rings (SSSR count). The molecule has 0 bridgehead atoms. The summed E-state index contributed by atoms with van der Waals surface area (Å²) in [5.41, 5.74) is 0. The van der Waals surface area contributed by atoms with Crippen molar-refractivity contribution in [2.45, 2.75) is 97.0 Å². The molecule has 0 fully saturated rings. The fraction of sp³-hybridized carbons (Fsp3) is 0.621. The number of esters is 1. The van der Waals surface area contributed by atoms with Crippen molar-refractivity contribution in [2.24, 2.45) is 0 Å². The number of carbonyl (C=O) groups excluding carboxylic acids is 1.